The summed E-state index contributed by atoms with van der Waals surface area (Å²) in [5.74, 6) is -0.312. The number of hydrogen-bond donors (Lipinski definition) is 2. The third-order valence-corrected chi connectivity index (χ3v) is 2.89. The SMILES string of the molecule is CC(C)(C)NCCC(=O)Nc1ccc(C(F)(F)F)cc1Cl. The van der Waals surface area contributed by atoms with E-state index >= 15 is 0 Å². The van der Waals surface area contributed by atoms with Gasteiger partial charge in [-0.05, 0) is 39.0 Å². The number of rotatable bonds is 4. The fourth-order valence-electron chi connectivity index (χ4n) is 1.56. The second kappa shape index (κ2) is 6.66. The molecule has 1 aromatic carbocycles. The van der Waals surface area contributed by atoms with Crippen LogP contribution in [0.3, 0.4) is 0 Å². The smallest absolute Gasteiger partial charge is 0.325 e. The Morgan fingerprint density at radius 3 is 2.33 bits per heavy atom. The van der Waals surface area contributed by atoms with Crippen molar-refractivity contribution in [2.75, 3.05) is 11.9 Å². The molecule has 0 aliphatic carbocycles. The van der Waals surface area contributed by atoms with E-state index in [1.54, 1.807) is 0 Å². The molecule has 0 radical (unpaired) electrons. The first-order valence-corrected chi connectivity index (χ1v) is 6.78. The summed E-state index contributed by atoms with van der Waals surface area (Å²) in [6, 6.07) is 2.83. The van der Waals surface area contributed by atoms with E-state index in [0.29, 0.717) is 6.54 Å². The number of amides is 1. The molecule has 0 spiro atoms. The molecule has 0 unspecified atom stereocenters. The molecule has 0 fully saturated rings. The predicted octanol–water partition coefficient (Wildman–Crippen LogP) is 4.08. The van der Waals surface area contributed by atoms with Crippen LogP contribution in [0.5, 0.6) is 0 Å². The van der Waals surface area contributed by atoms with Crippen LogP contribution in [0.1, 0.15) is 32.8 Å². The molecule has 1 rings (SSSR count). The molecule has 0 saturated carbocycles. The van der Waals surface area contributed by atoms with Crippen molar-refractivity contribution in [3.8, 4) is 0 Å². The summed E-state index contributed by atoms with van der Waals surface area (Å²) in [5, 5.41) is 5.50. The maximum atomic E-state index is 12.5. The van der Waals surface area contributed by atoms with Gasteiger partial charge in [-0.3, -0.25) is 4.79 Å². The Morgan fingerprint density at radius 1 is 1.24 bits per heavy atom. The zero-order valence-corrected chi connectivity index (χ0v) is 12.8. The number of anilines is 1. The minimum absolute atomic E-state index is 0.105. The van der Waals surface area contributed by atoms with Gasteiger partial charge in [0.15, 0.2) is 0 Å². The average Bonchev–Trinajstić information content (AvgIpc) is 2.28. The van der Waals surface area contributed by atoms with Crippen LogP contribution in [-0.2, 0) is 11.0 Å². The largest absolute Gasteiger partial charge is 0.416 e. The summed E-state index contributed by atoms with van der Waals surface area (Å²) in [7, 11) is 0. The molecular formula is C14H18ClF3N2O. The Kier molecular flexibility index (Phi) is 5.64. The summed E-state index contributed by atoms with van der Waals surface area (Å²) in [6.07, 6.45) is -4.25. The molecule has 2 N–H and O–H groups in total. The third-order valence-electron chi connectivity index (χ3n) is 2.58. The first kappa shape index (κ1) is 17.8. The molecule has 3 nitrogen and oxygen atoms in total. The van der Waals surface area contributed by atoms with E-state index in [-0.39, 0.29) is 28.6 Å². The summed E-state index contributed by atoms with van der Waals surface area (Å²) < 4.78 is 37.5. The number of nitrogens with one attached hydrogen (secondary N) is 2. The fourth-order valence-corrected chi connectivity index (χ4v) is 1.78. The summed E-state index contributed by atoms with van der Waals surface area (Å²) in [6.45, 7) is 6.38. The Morgan fingerprint density at radius 2 is 1.86 bits per heavy atom. The highest BCUT2D eigenvalue weighted by Gasteiger charge is 2.30. The lowest BCUT2D eigenvalue weighted by molar-refractivity contribution is -0.137. The normalized spacial score (nSPS) is 12.3. The summed E-state index contributed by atoms with van der Waals surface area (Å²) in [5.41, 5.74) is -0.781. The van der Waals surface area contributed by atoms with Crippen LogP contribution in [0.15, 0.2) is 18.2 Å². The van der Waals surface area contributed by atoms with Crippen LogP contribution in [-0.4, -0.2) is 18.0 Å². The van der Waals surface area contributed by atoms with Gasteiger partial charge >= 0.3 is 6.18 Å². The average molecular weight is 323 g/mol. The molecule has 7 heteroatoms. The zero-order valence-electron chi connectivity index (χ0n) is 12.1. The van der Waals surface area contributed by atoms with E-state index in [0.717, 1.165) is 18.2 Å². The van der Waals surface area contributed by atoms with E-state index in [4.69, 9.17) is 11.6 Å². The lowest BCUT2D eigenvalue weighted by Gasteiger charge is -2.20. The number of carbonyl (C=O) groups excluding carboxylic acids is 1. The van der Waals surface area contributed by atoms with Gasteiger partial charge in [-0.25, -0.2) is 0 Å². The standard InChI is InChI=1S/C14H18ClF3N2O/c1-13(2,3)19-7-6-12(21)20-11-5-4-9(8-10(11)15)14(16,17)18/h4-5,8,19H,6-7H2,1-3H3,(H,20,21). The molecule has 118 valence electrons. The number of benzene rings is 1. The van der Waals surface area contributed by atoms with Crippen molar-refractivity contribution in [1.29, 1.82) is 0 Å². The highest BCUT2D eigenvalue weighted by molar-refractivity contribution is 6.33. The van der Waals surface area contributed by atoms with E-state index in [1.165, 1.54) is 0 Å². The van der Waals surface area contributed by atoms with E-state index in [9.17, 15) is 18.0 Å². The Labute approximate surface area is 126 Å². The molecule has 0 aliphatic rings. The minimum atomic E-state index is -4.46. The maximum absolute atomic E-state index is 12.5. The van der Waals surface area contributed by atoms with Crippen LogP contribution in [0, 0.1) is 0 Å². The van der Waals surface area contributed by atoms with Crippen LogP contribution in [0.4, 0.5) is 18.9 Å². The van der Waals surface area contributed by atoms with Gasteiger partial charge in [0.1, 0.15) is 0 Å². The Balaban J connectivity index is 2.61. The lowest BCUT2D eigenvalue weighted by Crippen LogP contribution is -2.37. The van der Waals surface area contributed by atoms with Gasteiger partial charge in [-0.1, -0.05) is 11.6 Å². The Hall–Kier alpha value is -1.27. The van der Waals surface area contributed by atoms with Crippen LogP contribution >= 0.6 is 11.6 Å². The van der Waals surface area contributed by atoms with E-state index < -0.39 is 11.7 Å². The number of carbonyl (C=O) groups is 1. The summed E-state index contributed by atoms with van der Waals surface area (Å²) >= 11 is 5.76. The van der Waals surface area contributed by atoms with Crippen molar-refractivity contribution in [1.82, 2.24) is 5.32 Å². The minimum Gasteiger partial charge on any atom is -0.325 e. The van der Waals surface area contributed by atoms with Gasteiger partial charge in [0.25, 0.3) is 0 Å². The molecule has 1 amide bonds. The number of hydrogen-bond acceptors (Lipinski definition) is 2. The van der Waals surface area contributed by atoms with Crippen molar-refractivity contribution in [2.24, 2.45) is 0 Å². The molecule has 0 saturated heterocycles. The summed E-state index contributed by atoms with van der Waals surface area (Å²) in [4.78, 5) is 11.7. The van der Waals surface area contributed by atoms with Gasteiger partial charge in [-0.15, -0.1) is 0 Å². The number of halogens is 4. The van der Waals surface area contributed by atoms with Crippen LogP contribution in [0.2, 0.25) is 5.02 Å². The lowest BCUT2D eigenvalue weighted by atomic mass is 10.1. The molecule has 1 aromatic rings. The topological polar surface area (TPSA) is 41.1 Å². The quantitative estimate of drug-likeness (QED) is 0.877. The van der Waals surface area contributed by atoms with Crippen molar-refractivity contribution in [2.45, 2.75) is 38.9 Å². The molecule has 0 aromatic heterocycles. The van der Waals surface area contributed by atoms with E-state index in [2.05, 4.69) is 10.6 Å². The predicted molar refractivity (Wildman–Crippen MR) is 77.5 cm³/mol. The molecule has 21 heavy (non-hydrogen) atoms. The van der Waals surface area contributed by atoms with Crippen LogP contribution < -0.4 is 10.6 Å². The fraction of sp³-hybridized carbons (Fsp3) is 0.500. The zero-order chi connectivity index (χ0) is 16.3. The first-order chi connectivity index (χ1) is 9.49. The van der Waals surface area contributed by atoms with Crippen LogP contribution in [0.25, 0.3) is 0 Å². The molecule has 0 heterocycles. The van der Waals surface area contributed by atoms with Gasteiger partial charge < -0.3 is 10.6 Å². The first-order valence-electron chi connectivity index (χ1n) is 6.41. The van der Waals surface area contributed by atoms with Crippen molar-refractivity contribution in [3.63, 3.8) is 0 Å². The Bertz CT molecular complexity index is 510. The second-order valence-corrected chi connectivity index (χ2v) is 6.07. The van der Waals surface area contributed by atoms with Gasteiger partial charge in [0.05, 0.1) is 16.3 Å². The maximum Gasteiger partial charge on any atom is 0.416 e. The highest BCUT2D eigenvalue weighted by Crippen LogP contribution is 2.33. The molecule has 0 atom stereocenters. The molecule has 0 bridgehead atoms. The van der Waals surface area contributed by atoms with Gasteiger partial charge in [-0.2, -0.15) is 13.2 Å². The van der Waals surface area contributed by atoms with Crippen molar-refractivity contribution in [3.05, 3.63) is 28.8 Å². The monoisotopic (exact) mass is 322 g/mol. The van der Waals surface area contributed by atoms with E-state index in [1.807, 2.05) is 20.8 Å². The third kappa shape index (κ3) is 6.35. The number of alkyl halides is 3. The highest BCUT2D eigenvalue weighted by atomic mass is 35.5. The molecular weight excluding hydrogens is 305 g/mol. The van der Waals surface area contributed by atoms with Crippen molar-refractivity contribution < 1.29 is 18.0 Å². The second-order valence-electron chi connectivity index (χ2n) is 5.67. The van der Waals surface area contributed by atoms with Gasteiger partial charge in [0.2, 0.25) is 5.91 Å². The van der Waals surface area contributed by atoms with Crippen molar-refractivity contribution >= 4 is 23.2 Å². The molecule has 0 aliphatic heterocycles. The van der Waals surface area contributed by atoms with Gasteiger partial charge in [0, 0.05) is 18.5 Å².